The van der Waals surface area contributed by atoms with Crippen LogP contribution < -0.4 is 9.62 Å². The largest absolute Gasteiger partial charge is 0.462 e. The fraction of sp³-hybridized carbons (Fsp3) is 0.292. The van der Waals surface area contributed by atoms with Gasteiger partial charge in [0.15, 0.2) is 0 Å². The number of carbonyl (C=O) groups is 3. The zero-order valence-corrected chi connectivity index (χ0v) is 20.2. The maximum atomic E-state index is 13.5. The maximum absolute atomic E-state index is 13.5. The molecule has 3 aromatic rings. The van der Waals surface area contributed by atoms with Crippen LogP contribution in [0, 0.1) is 6.92 Å². The van der Waals surface area contributed by atoms with Gasteiger partial charge in [0.2, 0.25) is 11.8 Å². The number of furan rings is 1. The molecule has 0 aliphatic carbocycles. The van der Waals surface area contributed by atoms with Gasteiger partial charge in [-0.3, -0.25) is 9.59 Å². The number of ether oxygens (including phenoxy) is 1. The molecule has 0 fully saturated rings. The van der Waals surface area contributed by atoms with E-state index < -0.39 is 21.9 Å². The van der Waals surface area contributed by atoms with Gasteiger partial charge in [-0.1, -0.05) is 6.92 Å². The Kier molecular flexibility index (Phi) is 7.41. The van der Waals surface area contributed by atoms with Crippen LogP contribution in [0.4, 0.5) is 11.4 Å². The summed E-state index contributed by atoms with van der Waals surface area (Å²) < 4.78 is 38.6. The van der Waals surface area contributed by atoms with Crippen molar-refractivity contribution in [3.63, 3.8) is 0 Å². The smallest absolute Gasteiger partial charge is 0.342 e. The predicted molar refractivity (Wildman–Crippen MR) is 127 cm³/mol. The van der Waals surface area contributed by atoms with Gasteiger partial charge in [0.25, 0.3) is 10.0 Å². The third kappa shape index (κ3) is 4.96. The molecule has 0 unspecified atom stereocenters. The quantitative estimate of drug-likeness (QED) is 0.468. The van der Waals surface area contributed by atoms with Crippen LogP contribution in [0.3, 0.4) is 0 Å². The van der Waals surface area contributed by atoms with E-state index in [1.807, 2.05) is 0 Å². The molecule has 0 atom stereocenters. The van der Waals surface area contributed by atoms with Crippen LogP contribution in [0.1, 0.15) is 49.7 Å². The standard InChI is InChI=1S/C24H26N2O7S/c1-5-7-22(28)26(34(30,31)19-11-8-17(9-12-19)25-16(4)27)18-10-13-21-20(14-18)23(15(3)33-21)24(29)32-6-2/h8-14H,5-7H2,1-4H3,(H,25,27). The number of nitrogens with zero attached hydrogens (tertiary/aromatic N) is 1. The third-order valence-corrected chi connectivity index (χ3v) is 6.73. The van der Waals surface area contributed by atoms with Crippen LogP contribution in [-0.2, 0) is 24.3 Å². The fourth-order valence-corrected chi connectivity index (χ4v) is 4.98. The Morgan fingerprint density at radius 2 is 1.74 bits per heavy atom. The number of aryl methyl sites for hydroxylation is 1. The number of hydrogen-bond donors (Lipinski definition) is 1. The minimum Gasteiger partial charge on any atom is -0.462 e. The van der Waals surface area contributed by atoms with Crippen molar-refractivity contribution >= 4 is 50.2 Å². The van der Waals surface area contributed by atoms with Gasteiger partial charge < -0.3 is 14.5 Å². The van der Waals surface area contributed by atoms with Gasteiger partial charge in [-0.05, 0) is 62.7 Å². The number of anilines is 2. The van der Waals surface area contributed by atoms with E-state index in [-0.39, 0.29) is 35.1 Å². The van der Waals surface area contributed by atoms with Crippen molar-refractivity contribution in [3.8, 4) is 0 Å². The van der Waals surface area contributed by atoms with Gasteiger partial charge in [0, 0.05) is 24.4 Å². The molecular formula is C24H26N2O7S. The maximum Gasteiger partial charge on any atom is 0.342 e. The van der Waals surface area contributed by atoms with E-state index >= 15 is 0 Å². The first kappa shape index (κ1) is 25.0. The second kappa shape index (κ2) is 10.1. The Balaban J connectivity index is 2.14. The average molecular weight is 487 g/mol. The molecule has 2 aromatic carbocycles. The Morgan fingerprint density at radius 3 is 2.32 bits per heavy atom. The molecule has 0 saturated carbocycles. The topological polar surface area (TPSA) is 123 Å². The molecule has 2 amide bonds. The highest BCUT2D eigenvalue weighted by molar-refractivity contribution is 7.93. The third-order valence-electron chi connectivity index (χ3n) is 4.96. The molecule has 1 aromatic heterocycles. The van der Waals surface area contributed by atoms with Gasteiger partial charge in [0.1, 0.15) is 16.9 Å². The summed E-state index contributed by atoms with van der Waals surface area (Å²) in [5.41, 5.74) is 1.04. The number of esters is 1. The van der Waals surface area contributed by atoms with Gasteiger partial charge in [-0.15, -0.1) is 0 Å². The zero-order valence-electron chi connectivity index (χ0n) is 19.4. The van der Waals surface area contributed by atoms with E-state index in [0.29, 0.717) is 28.8 Å². The molecule has 3 rings (SSSR count). The molecule has 0 aliphatic heterocycles. The summed E-state index contributed by atoms with van der Waals surface area (Å²) in [7, 11) is -4.30. The Labute approximate surface area is 197 Å². The summed E-state index contributed by atoms with van der Waals surface area (Å²) >= 11 is 0. The van der Waals surface area contributed by atoms with Gasteiger partial charge >= 0.3 is 5.97 Å². The first-order valence-corrected chi connectivity index (χ1v) is 12.2. The van der Waals surface area contributed by atoms with Crippen LogP contribution in [-0.4, -0.2) is 32.8 Å². The molecule has 0 spiro atoms. The lowest BCUT2D eigenvalue weighted by atomic mass is 10.1. The molecule has 1 N–H and O–H groups in total. The van der Waals surface area contributed by atoms with E-state index in [1.165, 1.54) is 49.4 Å². The molecule has 9 nitrogen and oxygen atoms in total. The lowest BCUT2D eigenvalue weighted by Gasteiger charge is -2.23. The summed E-state index contributed by atoms with van der Waals surface area (Å²) in [6.07, 6.45) is 0.434. The van der Waals surface area contributed by atoms with Crippen LogP contribution >= 0.6 is 0 Å². The van der Waals surface area contributed by atoms with Gasteiger partial charge in [0.05, 0.1) is 17.2 Å². The molecule has 0 radical (unpaired) electrons. The molecule has 0 aliphatic rings. The summed E-state index contributed by atoms with van der Waals surface area (Å²) in [6.45, 7) is 6.56. The highest BCUT2D eigenvalue weighted by atomic mass is 32.2. The van der Waals surface area contributed by atoms with Crippen molar-refractivity contribution in [1.29, 1.82) is 0 Å². The number of sulfonamides is 1. The highest BCUT2D eigenvalue weighted by Gasteiger charge is 2.31. The van der Waals surface area contributed by atoms with Crippen LogP contribution in [0.5, 0.6) is 0 Å². The lowest BCUT2D eigenvalue weighted by molar-refractivity contribution is -0.117. The van der Waals surface area contributed by atoms with Crippen molar-refractivity contribution in [2.75, 3.05) is 16.2 Å². The summed E-state index contributed by atoms with van der Waals surface area (Å²) in [5, 5.41) is 2.91. The van der Waals surface area contributed by atoms with Crippen molar-refractivity contribution < 1.29 is 32.0 Å². The van der Waals surface area contributed by atoms with Crippen molar-refractivity contribution in [3.05, 3.63) is 53.8 Å². The fourth-order valence-electron chi connectivity index (χ4n) is 3.54. The van der Waals surface area contributed by atoms with Crippen molar-refractivity contribution in [2.45, 2.75) is 45.4 Å². The van der Waals surface area contributed by atoms with Crippen LogP contribution in [0.25, 0.3) is 11.0 Å². The molecule has 1 heterocycles. The Hall–Kier alpha value is -3.66. The van der Waals surface area contributed by atoms with E-state index in [4.69, 9.17) is 9.15 Å². The molecule has 180 valence electrons. The van der Waals surface area contributed by atoms with E-state index in [0.717, 1.165) is 4.31 Å². The summed E-state index contributed by atoms with van der Waals surface area (Å²) in [4.78, 5) is 36.6. The van der Waals surface area contributed by atoms with E-state index in [2.05, 4.69) is 5.32 Å². The molecular weight excluding hydrogens is 460 g/mol. The van der Waals surface area contributed by atoms with E-state index in [1.54, 1.807) is 20.8 Å². The minimum absolute atomic E-state index is 0.00358. The first-order valence-electron chi connectivity index (χ1n) is 10.8. The van der Waals surface area contributed by atoms with Gasteiger partial charge in [-0.25, -0.2) is 17.5 Å². The second-order valence-electron chi connectivity index (χ2n) is 7.55. The second-order valence-corrected chi connectivity index (χ2v) is 9.34. The minimum atomic E-state index is -4.30. The molecule has 0 saturated heterocycles. The monoisotopic (exact) mass is 486 g/mol. The summed E-state index contributed by atoms with van der Waals surface area (Å²) in [6, 6.07) is 9.93. The SMILES string of the molecule is CCCC(=O)N(c1ccc2oc(C)c(C(=O)OCC)c2c1)S(=O)(=O)c1ccc(NC(C)=O)cc1. The van der Waals surface area contributed by atoms with Crippen molar-refractivity contribution in [2.24, 2.45) is 0 Å². The number of nitrogens with one attached hydrogen (secondary N) is 1. The number of rotatable bonds is 8. The number of amides is 2. The predicted octanol–water partition coefficient (Wildman–Crippen LogP) is 4.40. The first-order chi connectivity index (χ1) is 16.1. The number of fused-ring (bicyclic) bond motifs is 1. The van der Waals surface area contributed by atoms with E-state index in [9.17, 15) is 22.8 Å². The normalized spacial score (nSPS) is 11.3. The molecule has 0 bridgehead atoms. The average Bonchev–Trinajstić information content (AvgIpc) is 3.09. The van der Waals surface area contributed by atoms with Crippen molar-refractivity contribution in [1.82, 2.24) is 0 Å². The van der Waals surface area contributed by atoms with Crippen LogP contribution in [0.15, 0.2) is 51.8 Å². The Morgan fingerprint density at radius 1 is 1.06 bits per heavy atom. The Bertz CT molecular complexity index is 1340. The summed E-state index contributed by atoms with van der Waals surface area (Å²) in [5.74, 6) is -1.19. The zero-order chi connectivity index (χ0) is 25.0. The molecule has 10 heteroatoms. The number of carbonyl (C=O) groups excluding carboxylic acids is 3. The lowest BCUT2D eigenvalue weighted by Crippen LogP contribution is -2.36. The van der Waals surface area contributed by atoms with Gasteiger partial charge in [-0.2, -0.15) is 0 Å². The van der Waals surface area contributed by atoms with Crippen LogP contribution in [0.2, 0.25) is 0 Å². The number of hydrogen-bond acceptors (Lipinski definition) is 7. The number of benzene rings is 2. The molecule has 34 heavy (non-hydrogen) atoms. The highest BCUT2D eigenvalue weighted by Crippen LogP contribution is 2.33.